The Morgan fingerprint density at radius 1 is 1.16 bits per heavy atom. The van der Waals surface area contributed by atoms with Crippen LogP contribution >= 0.6 is 0 Å². The molecular formula is C18H29N. The summed E-state index contributed by atoms with van der Waals surface area (Å²) < 4.78 is 0. The molecule has 1 N–H and O–H groups in total. The Hall–Kier alpha value is -0.820. The van der Waals surface area contributed by atoms with Crippen LogP contribution in [0.25, 0.3) is 0 Å². The van der Waals surface area contributed by atoms with Crippen LogP contribution in [-0.4, -0.2) is 13.1 Å². The van der Waals surface area contributed by atoms with Crippen molar-refractivity contribution in [3.63, 3.8) is 0 Å². The minimum Gasteiger partial charge on any atom is -0.316 e. The lowest BCUT2D eigenvalue weighted by molar-refractivity contribution is 0.419. The molecule has 106 valence electrons. The molecule has 1 fully saturated rings. The van der Waals surface area contributed by atoms with E-state index in [1.165, 1.54) is 31.2 Å². The van der Waals surface area contributed by atoms with Crippen molar-refractivity contribution in [2.75, 3.05) is 13.1 Å². The minimum absolute atomic E-state index is 0.718. The van der Waals surface area contributed by atoms with Crippen LogP contribution in [0.5, 0.6) is 0 Å². The summed E-state index contributed by atoms with van der Waals surface area (Å²) >= 11 is 0. The third-order valence-corrected chi connectivity index (χ3v) is 4.16. The smallest absolute Gasteiger partial charge is 0.00199 e. The molecule has 1 aliphatic rings. The van der Waals surface area contributed by atoms with E-state index in [4.69, 9.17) is 0 Å². The largest absolute Gasteiger partial charge is 0.316 e. The SMILES string of the molecule is CC(C)CNCC(C)Cc1cccc(C2CCC2)c1. The van der Waals surface area contributed by atoms with Gasteiger partial charge in [-0.1, -0.05) is 51.5 Å². The maximum absolute atomic E-state index is 3.56. The molecular weight excluding hydrogens is 230 g/mol. The first-order valence-electron chi connectivity index (χ1n) is 7.94. The van der Waals surface area contributed by atoms with Crippen molar-refractivity contribution in [3.8, 4) is 0 Å². The molecule has 2 rings (SSSR count). The summed E-state index contributed by atoms with van der Waals surface area (Å²) in [6.45, 7) is 9.14. The Morgan fingerprint density at radius 2 is 1.95 bits per heavy atom. The predicted octanol–water partition coefficient (Wildman–Crippen LogP) is 4.38. The molecule has 1 aromatic carbocycles. The zero-order chi connectivity index (χ0) is 13.7. The summed E-state index contributed by atoms with van der Waals surface area (Å²) in [7, 11) is 0. The lowest BCUT2D eigenvalue weighted by atomic mass is 9.79. The van der Waals surface area contributed by atoms with Gasteiger partial charge in [0.25, 0.3) is 0 Å². The summed E-state index contributed by atoms with van der Waals surface area (Å²) in [5.74, 6) is 2.32. The molecule has 0 radical (unpaired) electrons. The maximum atomic E-state index is 3.56. The van der Waals surface area contributed by atoms with E-state index in [0.717, 1.165) is 30.8 Å². The lowest BCUT2D eigenvalue weighted by Crippen LogP contribution is -2.26. The Kier molecular flexibility index (Phi) is 5.45. The monoisotopic (exact) mass is 259 g/mol. The Bertz CT molecular complexity index is 379. The quantitative estimate of drug-likeness (QED) is 0.766. The average molecular weight is 259 g/mol. The van der Waals surface area contributed by atoms with Crippen molar-refractivity contribution < 1.29 is 0 Å². The second-order valence-electron chi connectivity index (χ2n) is 6.73. The zero-order valence-electron chi connectivity index (χ0n) is 12.8. The van der Waals surface area contributed by atoms with Gasteiger partial charge in [0.1, 0.15) is 0 Å². The molecule has 0 saturated heterocycles. The molecule has 19 heavy (non-hydrogen) atoms. The fraction of sp³-hybridized carbons (Fsp3) is 0.667. The summed E-state index contributed by atoms with van der Waals surface area (Å²) in [6.07, 6.45) is 5.42. The lowest BCUT2D eigenvalue weighted by Gasteiger charge is -2.26. The van der Waals surface area contributed by atoms with Crippen molar-refractivity contribution in [3.05, 3.63) is 35.4 Å². The van der Waals surface area contributed by atoms with Crippen LogP contribution in [-0.2, 0) is 6.42 Å². The van der Waals surface area contributed by atoms with Crippen LogP contribution in [0.15, 0.2) is 24.3 Å². The van der Waals surface area contributed by atoms with Crippen LogP contribution in [0.4, 0.5) is 0 Å². The standard InChI is InChI=1S/C18H29N/c1-14(2)12-19-13-15(3)10-16-6-4-9-18(11-16)17-7-5-8-17/h4,6,9,11,14-15,17,19H,5,7-8,10,12-13H2,1-3H3. The van der Waals surface area contributed by atoms with Crippen molar-refractivity contribution in [2.24, 2.45) is 11.8 Å². The second-order valence-corrected chi connectivity index (χ2v) is 6.73. The van der Waals surface area contributed by atoms with Crippen LogP contribution in [0.2, 0.25) is 0 Å². The van der Waals surface area contributed by atoms with E-state index < -0.39 is 0 Å². The first kappa shape index (κ1) is 14.6. The number of rotatable bonds is 7. The van der Waals surface area contributed by atoms with Gasteiger partial charge in [0.2, 0.25) is 0 Å². The molecule has 0 aliphatic heterocycles. The maximum Gasteiger partial charge on any atom is -0.00199 e. The molecule has 1 saturated carbocycles. The molecule has 0 bridgehead atoms. The highest BCUT2D eigenvalue weighted by molar-refractivity contribution is 5.28. The summed E-state index contributed by atoms with van der Waals surface area (Å²) in [5, 5.41) is 3.56. The summed E-state index contributed by atoms with van der Waals surface area (Å²) in [6, 6.07) is 9.30. The van der Waals surface area contributed by atoms with Gasteiger partial charge in [-0.3, -0.25) is 0 Å². The average Bonchev–Trinajstić information content (AvgIpc) is 2.26. The molecule has 0 heterocycles. The summed E-state index contributed by atoms with van der Waals surface area (Å²) in [4.78, 5) is 0. The Morgan fingerprint density at radius 3 is 2.58 bits per heavy atom. The van der Waals surface area contributed by atoms with E-state index in [0.29, 0.717) is 0 Å². The van der Waals surface area contributed by atoms with Crippen molar-refractivity contribution in [1.82, 2.24) is 5.32 Å². The zero-order valence-corrected chi connectivity index (χ0v) is 12.8. The van der Waals surface area contributed by atoms with Gasteiger partial charge in [-0.25, -0.2) is 0 Å². The first-order valence-corrected chi connectivity index (χ1v) is 7.94. The fourth-order valence-corrected chi connectivity index (χ4v) is 2.81. The molecule has 0 spiro atoms. The highest BCUT2D eigenvalue weighted by Gasteiger charge is 2.19. The highest BCUT2D eigenvalue weighted by atomic mass is 14.9. The van der Waals surface area contributed by atoms with E-state index in [2.05, 4.69) is 50.4 Å². The van der Waals surface area contributed by atoms with Crippen molar-refractivity contribution in [2.45, 2.75) is 52.4 Å². The number of hydrogen-bond donors (Lipinski definition) is 1. The molecule has 1 nitrogen and oxygen atoms in total. The normalized spacial score (nSPS) is 17.5. The van der Waals surface area contributed by atoms with Crippen LogP contribution in [0.1, 0.15) is 57.1 Å². The van der Waals surface area contributed by atoms with E-state index in [-0.39, 0.29) is 0 Å². The Labute approximate surface area is 118 Å². The van der Waals surface area contributed by atoms with Crippen LogP contribution in [0, 0.1) is 11.8 Å². The van der Waals surface area contributed by atoms with Gasteiger partial charge in [0.05, 0.1) is 0 Å². The third kappa shape index (κ3) is 4.65. The van der Waals surface area contributed by atoms with E-state index in [1.54, 1.807) is 5.56 Å². The van der Waals surface area contributed by atoms with Crippen LogP contribution < -0.4 is 5.32 Å². The number of hydrogen-bond acceptors (Lipinski definition) is 1. The molecule has 1 aliphatic carbocycles. The fourth-order valence-electron chi connectivity index (χ4n) is 2.81. The number of benzene rings is 1. The molecule has 1 atom stereocenters. The van der Waals surface area contributed by atoms with Gasteiger partial charge in [-0.05, 0) is 61.2 Å². The topological polar surface area (TPSA) is 12.0 Å². The van der Waals surface area contributed by atoms with Crippen molar-refractivity contribution >= 4 is 0 Å². The minimum atomic E-state index is 0.718. The van der Waals surface area contributed by atoms with Gasteiger partial charge < -0.3 is 5.32 Å². The first-order chi connectivity index (χ1) is 9.15. The number of nitrogens with one attached hydrogen (secondary N) is 1. The predicted molar refractivity (Wildman–Crippen MR) is 83.6 cm³/mol. The second kappa shape index (κ2) is 7.09. The highest BCUT2D eigenvalue weighted by Crippen LogP contribution is 2.36. The van der Waals surface area contributed by atoms with Gasteiger partial charge >= 0.3 is 0 Å². The van der Waals surface area contributed by atoms with Gasteiger partial charge in [0, 0.05) is 0 Å². The van der Waals surface area contributed by atoms with Crippen molar-refractivity contribution in [1.29, 1.82) is 0 Å². The molecule has 1 heteroatoms. The van der Waals surface area contributed by atoms with Crippen LogP contribution in [0.3, 0.4) is 0 Å². The van der Waals surface area contributed by atoms with E-state index in [9.17, 15) is 0 Å². The van der Waals surface area contributed by atoms with E-state index >= 15 is 0 Å². The van der Waals surface area contributed by atoms with Gasteiger partial charge in [0.15, 0.2) is 0 Å². The molecule has 0 amide bonds. The molecule has 0 aromatic heterocycles. The molecule has 1 aromatic rings. The Balaban J connectivity index is 1.80. The molecule has 1 unspecified atom stereocenters. The van der Waals surface area contributed by atoms with Gasteiger partial charge in [-0.2, -0.15) is 0 Å². The third-order valence-electron chi connectivity index (χ3n) is 4.16. The van der Waals surface area contributed by atoms with E-state index in [1.807, 2.05) is 0 Å². The van der Waals surface area contributed by atoms with Gasteiger partial charge in [-0.15, -0.1) is 0 Å². The summed E-state index contributed by atoms with van der Waals surface area (Å²) in [5.41, 5.74) is 3.09.